The van der Waals surface area contributed by atoms with E-state index < -0.39 is 15.6 Å². The standard InChI is InChI=1S/C11H8N2O3S.CH4/c1-17(15,16)10-6-9(13-12)11(14)8-5-3-2-4-7(8)10;/h2-6H,1H3;1H4. The van der Waals surface area contributed by atoms with Crippen LogP contribution in [-0.4, -0.2) is 31.0 Å². The van der Waals surface area contributed by atoms with Crippen molar-refractivity contribution in [3.8, 4) is 0 Å². The van der Waals surface area contributed by atoms with Gasteiger partial charge in [-0.2, -0.15) is 4.79 Å². The zero-order chi connectivity index (χ0) is 12.6. The van der Waals surface area contributed by atoms with Crippen LogP contribution in [0.5, 0.6) is 0 Å². The number of nitrogens with zero attached hydrogens (tertiary/aromatic N) is 2. The van der Waals surface area contributed by atoms with Crippen molar-refractivity contribution >= 4 is 26.2 Å². The summed E-state index contributed by atoms with van der Waals surface area (Å²) in [5.74, 6) is -0.490. The number of hydrogen-bond donors (Lipinski definition) is 0. The lowest BCUT2D eigenvalue weighted by Gasteiger charge is -2.12. The summed E-state index contributed by atoms with van der Waals surface area (Å²) in [7, 11) is -3.49. The summed E-state index contributed by atoms with van der Waals surface area (Å²) in [6.07, 6.45) is 2.13. The van der Waals surface area contributed by atoms with E-state index in [1.54, 1.807) is 18.2 Å². The summed E-state index contributed by atoms with van der Waals surface area (Å²) in [5.41, 5.74) is 8.99. The van der Waals surface area contributed by atoms with E-state index in [-0.39, 0.29) is 23.6 Å². The van der Waals surface area contributed by atoms with E-state index in [0.29, 0.717) is 5.56 Å². The fourth-order valence-corrected chi connectivity index (χ4v) is 2.59. The molecule has 1 aromatic rings. The number of sulfone groups is 1. The van der Waals surface area contributed by atoms with Gasteiger partial charge >= 0.3 is 5.71 Å². The molecule has 0 N–H and O–H groups in total. The Morgan fingerprint density at radius 1 is 1.17 bits per heavy atom. The van der Waals surface area contributed by atoms with E-state index in [1.165, 1.54) is 6.07 Å². The Bertz CT molecular complexity index is 696. The first kappa shape index (κ1) is 14.0. The minimum Gasteiger partial charge on any atom is -0.361 e. The molecule has 1 aliphatic rings. The molecule has 0 saturated carbocycles. The summed E-state index contributed by atoms with van der Waals surface area (Å²) < 4.78 is 23.2. The number of hydrogen-bond acceptors (Lipinski definition) is 3. The van der Waals surface area contributed by atoms with Crippen LogP contribution in [0.4, 0.5) is 0 Å². The molecule has 0 bridgehead atoms. The molecule has 0 radical (unpaired) electrons. The van der Waals surface area contributed by atoms with Crippen molar-refractivity contribution in [3.05, 3.63) is 47.0 Å². The highest BCUT2D eigenvalue weighted by atomic mass is 32.2. The highest BCUT2D eigenvalue weighted by Gasteiger charge is 2.33. The number of Topliss-reactive ketones (excluding diaryl/α,β-unsaturated/α-hetero) is 1. The molecule has 18 heavy (non-hydrogen) atoms. The Morgan fingerprint density at radius 3 is 2.22 bits per heavy atom. The molecule has 1 aromatic carbocycles. The molecule has 2 rings (SSSR count). The number of carbonyl (C=O) groups excluding carboxylic acids is 1. The van der Waals surface area contributed by atoms with Gasteiger partial charge in [0.25, 0.3) is 5.78 Å². The summed E-state index contributed by atoms with van der Waals surface area (Å²) in [6.45, 7) is 0. The van der Waals surface area contributed by atoms with Gasteiger partial charge in [0.2, 0.25) is 0 Å². The number of allylic oxidation sites excluding steroid dienone is 1. The molecule has 0 amide bonds. The number of fused-ring (bicyclic) bond motifs is 1. The molecule has 0 unspecified atom stereocenters. The molecular weight excluding hydrogens is 252 g/mol. The largest absolute Gasteiger partial charge is 0.364 e. The summed E-state index contributed by atoms with van der Waals surface area (Å²) in [6, 6.07) is 6.32. The summed E-state index contributed by atoms with van der Waals surface area (Å²) >= 11 is 0. The number of rotatable bonds is 1. The first-order valence-electron chi connectivity index (χ1n) is 4.73. The number of ketones is 1. The van der Waals surface area contributed by atoms with E-state index in [4.69, 9.17) is 5.53 Å². The maximum atomic E-state index is 11.8. The highest BCUT2D eigenvalue weighted by Crippen LogP contribution is 2.28. The molecule has 94 valence electrons. The second-order valence-electron chi connectivity index (χ2n) is 3.64. The second kappa shape index (κ2) is 4.68. The third kappa shape index (κ3) is 2.16. The van der Waals surface area contributed by atoms with E-state index in [9.17, 15) is 13.2 Å². The Morgan fingerprint density at radius 2 is 1.72 bits per heavy atom. The van der Waals surface area contributed by atoms with Gasteiger partial charge in [-0.1, -0.05) is 31.7 Å². The summed E-state index contributed by atoms with van der Waals surface area (Å²) in [4.78, 5) is 14.6. The van der Waals surface area contributed by atoms with Crippen molar-refractivity contribution in [2.75, 3.05) is 6.26 Å². The van der Waals surface area contributed by atoms with Crippen molar-refractivity contribution < 1.29 is 18.0 Å². The van der Waals surface area contributed by atoms with Crippen LogP contribution in [-0.2, 0) is 9.84 Å². The zero-order valence-corrected chi connectivity index (χ0v) is 9.73. The van der Waals surface area contributed by atoms with Gasteiger partial charge in [0.1, 0.15) is 0 Å². The predicted molar refractivity (Wildman–Crippen MR) is 69.0 cm³/mol. The van der Waals surface area contributed by atoms with Crippen molar-refractivity contribution in [3.63, 3.8) is 0 Å². The molecule has 0 aliphatic heterocycles. The molecule has 0 heterocycles. The third-order valence-corrected chi connectivity index (χ3v) is 3.58. The second-order valence-corrected chi connectivity index (χ2v) is 5.62. The first-order chi connectivity index (χ1) is 7.95. The molecule has 1 aliphatic carbocycles. The van der Waals surface area contributed by atoms with Crippen LogP contribution in [0.1, 0.15) is 23.3 Å². The van der Waals surface area contributed by atoms with Gasteiger partial charge in [-0.15, -0.1) is 0 Å². The lowest BCUT2D eigenvalue weighted by Crippen LogP contribution is -2.22. The van der Waals surface area contributed by atoms with Crippen molar-refractivity contribution in [1.29, 1.82) is 0 Å². The quantitative estimate of drug-likeness (QED) is 0.569. The molecule has 0 spiro atoms. The Hall–Kier alpha value is -2.04. The average molecular weight is 264 g/mol. The Labute approximate surface area is 105 Å². The average Bonchev–Trinajstić information content (AvgIpc) is 2.28. The van der Waals surface area contributed by atoms with Crippen LogP contribution in [0, 0.1) is 0 Å². The van der Waals surface area contributed by atoms with Gasteiger partial charge in [0.05, 0.1) is 11.0 Å². The molecule has 0 atom stereocenters. The van der Waals surface area contributed by atoms with Crippen LogP contribution in [0.3, 0.4) is 0 Å². The van der Waals surface area contributed by atoms with E-state index in [0.717, 1.165) is 12.3 Å². The van der Waals surface area contributed by atoms with Crippen molar-refractivity contribution in [2.45, 2.75) is 7.43 Å². The Kier molecular flexibility index (Phi) is 3.65. The first-order valence-corrected chi connectivity index (χ1v) is 6.62. The maximum absolute atomic E-state index is 11.8. The molecular formula is C12H12N2O3S. The van der Waals surface area contributed by atoms with Gasteiger partial charge in [0.15, 0.2) is 9.84 Å². The van der Waals surface area contributed by atoms with Crippen LogP contribution < -0.4 is 0 Å². The lowest BCUT2D eigenvalue weighted by molar-refractivity contribution is -0.00437. The Balaban J connectivity index is 0.00000162. The molecule has 6 heteroatoms. The number of benzene rings is 1. The van der Waals surface area contributed by atoms with Gasteiger partial charge in [-0.3, -0.25) is 4.79 Å². The fraction of sp³-hybridized carbons (Fsp3) is 0.167. The van der Waals surface area contributed by atoms with Crippen LogP contribution in [0.15, 0.2) is 30.3 Å². The van der Waals surface area contributed by atoms with Crippen LogP contribution in [0.2, 0.25) is 0 Å². The van der Waals surface area contributed by atoms with Crippen molar-refractivity contribution in [2.24, 2.45) is 0 Å². The summed E-state index contributed by atoms with van der Waals surface area (Å²) in [5, 5.41) is 0. The predicted octanol–water partition coefficient (Wildman–Crippen LogP) is 1.58. The smallest absolute Gasteiger partial charge is 0.361 e. The fourth-order valence-electron chi connectivity index (χ4n) is 1.68. The highest BCUT2D eigenvalue weighted by molar-refractivity contribution is 8.00. The number of carbonyl (C=O) groups is 1. The molecule has 0 saturated heterocycles. The molecule has 0 fully saturated rings. The minimum atomic E-state index is -3.49. The van der Waals surface area contributed by atoms with Crippen LogP contribution in [0.25, 0.3) is 10.4 Å². The maximum Gasteiger partial charge on any atom is 0.364 e. The molecule has 5 nitrogen and oxygen atoms in total. The topological polar surface area (TPSA) is 87.6 Å². The van der Waals surface area contributed by atoms with E-state index >= 15 is 0 Å². The lowest BCUT2D eigenvalue weighted by atomic mass is 9.95. The zero-order valence-electron chi connectivity index (χ0n) is 8.91. The van der Waals surface area contributed by atoms with E-state index in [1.807, 2.05) is 0 Å². The van der Waals surface area contributed by atoms with Crippen molar-refractivity contribution in [1.82, 2.24) is 0 Å². The van der Waals surface area contributed by atoms with Crippen LogP contribution >= 0.6 is 0 Å². The SMILES string of the molecule is C.CS(=O)(=O)C1=CC(=[N+]=[N-])C(=O)c2ccccc21. The minimum absolute atomic E-state index is 0. The normalized spacial score (nSPS) is 14.2. The van der Waals surface area contributed by atoms with Gasteiger partial charge in [0, 0.05) is 17.4 Å². The monoisotopic (exact) mass is 264 g/mol. The van der Waals surface area contributed by atoms with E-state index in [2.05, 4.69) is 4.79 Å². The van der Waals surface area contributed by atoms with Gasteiger partial charge < -0.3 is 5.53 Å². The van der Waals surface area contributed by atoms with Gasteiger partial charge in [-0.25, -0.2) is 8.42 Å². The molecule has 0 aromatic heterocycles. The van der Waals surface area contributed by atoms with Gasteiger partial charge in [-0.05, 0) is 0 Å². The third-order valence-electron chi connectivity index (χ3n) is 2.44.